The second kappa shape index (κ2) is 13.3. The van der Waals surface area contributed by atoms with E-state index < -0.39 is 22.2 Å². The third kappa shape index (κ3) is 7.94. The van der Waals surface area contributed by atoms with E-state index in [0.717, 1.165) is 5.56 Å². The molecule has 12 nitrogen and oxygen atoms in total. The van der Waals surface area contributed by atoms with Crippen LogP contribution in [0.15, 0.2) is 57.2 Å². The smallest absolute Gasteiger partial charge is 0.407 e. The number of thiazole rings is 1. The predicted molar refractivity (Wildman–Crippen MR) is 155 cm³/mol. The van der Waals surface area contributed by atoms with Gasteiger partial charge in [-0.15, -0.1) is 11.3 Å². The van der Waals surface area contributed by atoms with Gasteiger partial charge in [-0.1, -0.05) is 26.0 Å². The second-order valence-corrected chi connectivity index (χ2v) is 12.6. The number of sulfonamides is 1. The Hall–Kier alpha value is -3.72. The SMILES string of the molecule is CC(C)CN(c1cccc(CCC(O)CNC(=O)OCc2csc(CO)n2)c1)S(=O)(=O)c1ccc2nc(N)oc2c1. The Kier molecular flexibility index (Phi) is 9.81. The molecule has 0 saturated heterocycles. The molecule has 0 radical (unpaired) electrons. The van der Waals surface area contributed by atoms with E-state index in [2.05, 4.69) is 15.3 Å². The van der Waals surface area contributed by atoms with Crippen molar-refractivity contribution in [1.29, 1.82) is 0 Å². The molecule has 0 saturated carbocycles. The van der Waals surface area contributed by atoms with Crippen molar-refractivity contribution in [2.75, 3.05) is 23.1 Å². The van der Waals surface area contributed by atoms with Gasteiger partial charge in [-0.2, -0.15) is 4.98 Å². The summed E-state index contributed by atoms with van der Waals surface area (Å²) in [6, 6.07) is 11.6. The number of aryl methyl sites for hydroxylation is 1. The van der Waals surface area contributed by atoms with Crippen LogP contribution in [0, 0.1) is 5.92 Å². The van der Waals surface area contributed by atoms with Crippen molar-refractivity contribution in [2.45, 2.75) is 50.9 Å². The van der Waals surface area contributed by atoms with Crippen molar-refractivity contribution < 1.29 is 32.6 Å². The van der Waals surface area contributed by atoms with Gasteiger partial charge >= 0.3 is 6.09 Å². The van der Waals surface area contributed by atoms with Crippen LogP contribution >= 0.6 is 11.3 Å². The zero-order chi connectivity index (χ0) is 29.6. The number of fused-ring (bicyclic) bond motifs is 1. The monoisotopic (exact) mass is 603 g/mol. The molecule has 1 amide bonds. The molecule has 0 aliphatic rings. The van der Waals surface area contributed by atoms with Gasteiger partial charge in [0.15, 0.2) is 5.58 Å². The number of alkyl carbamates (subject to hydrolysis) is 1. The van der Waals surface area contributed by atoms with E-state index in [4.69, 9.17) is 20.0 Å². The molecule has 14 heteroatoms. The van der Waals surface area contributed by atoms with Gasteiger partial charge < -0.3 is 30.4 Å². The van der Waals surface area contributed by atoms with E-state index in [1.165, 1.54) is 27.8 Å². The van der Waals surface area contributed by atoms with Gasteiger partial charge in [0, 0.05) is 24.5 Å². The predicted octanol–water partition coefficient (Wildman–Crippen LogP) is 3.43. The zero-order valence-electron chi connectivity index (χ0n) is 22.7. The minimum atomic E-state index is -3.95. The average molecular weight is 604 g/mol. The summed E-state index contributed by atoms with van der Waals surface area (Å²) >= 11 is 1.27. The Morgan fingerprint density at radius 3 is 2.76 bits per heavy atom. The van der Waals surface area contributed by atoms with Gasteiger partial charge in [0.25, 0.3) is 16.0 Å². The lowest BCUT2D eigenvalue weighted by molar-refractivity contribution is 0.122. The number of aliphatic hydroxyl groups excluding tert-OH is 2. The number of hydrogen-bond acceptors (Lipinski definition) is 11. The standard InChI is InChI=1S/C27H33N5O7S2/c1-17(2)13-32(41(36,37)22-8-9-23-24(11-22)39-26(28)31-23)20-5-3-4-18(10-20)6-7-21(34)12-29-27(35)38-15-19-16-40-25(14-33)30-19/h3-5,8-11,16-17,21,33-34H,6-7,12-15H2,1-2H3,(H2,28,31)(H,29,35). The van der Waals surface area contributed by atoms with Crippen LogP contribution in [0.4, 0.5) is 16.5 Å². The summed E-state index contributed by atoms with van der Waals surface area (Å²) in [5.74, 6) is 0.0398. The number of carbonyl (C=O) groups is 1. The summed E-state index contributed by atoms with van der Waals surface area (Å²) < 4.78 is 39.2. The van der Waals surface area contributed by atoms with E-state index >= 15 is 0 Å². The second-order valence-electron chi connectivity index (χ2n) is 9.82. The maximum Gasteiger partial charge on any atom is 0.407 e. The van der Waals surface area contributed by atoms with Crippen molar-refractivity contribution in [3.63, 3.8) is 0 Å². The van der Waals surface area contributed by atoms with Gasteiger partial charge in [0.05, 0.1) is 29.0 Å². The lowest BCUT2D eigenvalue weighted by atomic mass is 10.1. The fraction of sp³-hybridized carbons (Fsp3) is 0.370. The lowest BCUT2D eigenvalue weighted by Crippen LogP contribution is -2.34. The Labute approximate surface area is 241 Å². The Morgan fingerprint density at radius 2 is 2.02 bits per heavy atom. The fourth-order valence-corrected chi connectivity index (χ4v) is 6.34. The number of hydrogen-bond donors (Lipinski definition) is 4. The Balaban J connectivity index is 1.37. The molecule has 1 unspecified atom stereocenters. The molecule has 0 spiro atoms. The molecule has 0 bridgehead atoms. The largest absolute Gasteiger partial charge is 0.443 e. The summed E-state index contributed by atoms with van der Waals surface area (Å²) in [5.41, 5.74) is 8.23. The van der Waals surface area contributed by atoms with Crippen molar-refractivity contribution in [3.8, 4) is 0 Å². The summed E-state index contributed by atoms with van der Waals surface area (Å²) in [5, 5.41) is 24.2. The van der Waals surface area contributed by atoms with E-state index in [1.807, 2.05) is 19.9 Å². The summed E-state index contributed by atoms with van der Waals surface area (Å²) in [4.78, 5) is 20.2. The molecule has 2 aromatic carbocycles. The zero-order valence-corrected chi connectivity index (χ0v) is 24.3. The van der Waals surface area contributed by atoms with Gasteiger partial charge in [-0.3, -0.25) is 4.31 Å². The first-order valence-corrected chi connectivity index (χ1v) is 15.3. The Bertz CT molecular complexity index is 1590. The van der Waals surface area contributed by atoms with E-state index in [0.29, 0.717) is 34.7 Å². The number of aliphatic hydroxyl groups is 2. The number of aromatic nitrogens is 2. The Morgan fingerprint density at radius 1 is 1.22 bits per heavy atom. The molecule has 1 atom stereocenters. The van der Waals surface area contributed by atoms with Crippen LogP contribution in [0.3, 0.4) is 0 Å². The molecular formula is C27H33N5O7S2. The molecule has 0 aliphatic carbocycles. The third-order valence-corrected chi connectivity index (χ3v) is 8.70. The highest BCUT2D eigenvalue weighted by Crippen LogP contribution is 2.29. The molecule has 2 aromatic heterocycles. The van der Waals surface area contributed by atoms with Gasteiger partial charge in [-0.05, 0) is 48.6 Å². The molecule has 4 aromatic rings. The summed E-state index contributed by atoms with van der Waals surface area (Å²) in [6.07, 6.45) is -0.753. The topological polar surface area (TPSA) is 181 Å². The molecule has 41 heavy (non-hydrogen) atoms. The van der Waals surface area contributed by atoms with Gasteiger partial charge in [-0.25, -0.2) is 18.2 Å². The van der Waals surface area contributed by atoms with Crippen LogP contribution in [0.2, 0.25) is 0 Å². The van der Waals surface area contributed by atoms with Gasteiger partial charge in [0.1, 0.15) is 17.1 Å². The van der Waals surface area contributed by atoms with Crippen molar-refractivity contribution >= 4 is 50.3 Å². The van der Waals surface area contributed by atoms with Crippen LogP contribution in [-0.4, -0.2) is 53.9 Å². The highest BCUT2D eigenvalue weighted by atomic mass is 32.2. The molecular weight excluding hydrogens is 570 g/mol. The number of ether oxygens (including phenoxy) is 1. The number of amides is 1. The number of nitrogens with one attached hydrogen (secondary N) is 1. The molecule has 5 N–H and O–H groups in total. The van der Waals surface area contributed by atoms with Crippen molar-refractivity contribution in [1.82, 2.24) is 15.3 Å². The molecule has 2 heterocycles. The first kappa shape index (κ1) is 30.2. The van der Waals surface area contributed by atoms with Crippen LogP contribution in [0.5, 0.6) is 0 Å². The van der Waals surface area contributed by atoms with Crippen LogP contribution in [-0.2, 0) is 34.4 Å². The maximum absolute atomic E-state index is 13.7. The number of anilines is 2. The highest BCUT2D eigenvalue weighted by Gasteiger charge is 2.27. The normalized spacial score (nSPS) is 12.5. The van der Waals surface area contributed by atoms with Crippen LogP contribution < -0.4 is 15.4 Å². The van der Waals surface area contributed by atoms with Crippen molar-refractivity contribution in [3.05, 3.63) is 64.1 Å². The summed E-state index contributed by atoms with van der Waals surface area (Å²) in [7, 11) is -3.95. The molecule has 0 aliphatic heterocycles. The molecule has 4 rings (SSSR count). The minimum absolute atomic E-state index is 0.0139. The number of rotatable bonds is 13. The lowest BCUT2D eigenvalue weighted by Gasteiger charge is -2.26. The first-order chi connectivity index (χ1) is 19.5. The summed E-state index contributed by atoms with van der Waals surface area (Å²) in [6.45, 7) is 3.89. The molecule has 220 valence electrons. The molecule has 0 fully saturated rings. The van der Waals surface area contributed by atoms with E-state index in [1.54, 1.807) is 29.6 Å². The number of carbonyl (C=O) groups excluding carboxylic acids is 1. The number of nitrogen functional groups attached to an aromatic ring is 1. The average Bonchev–Trinajstić information content (AvgIpc) is 3.57. The van der Waals surface area contributed by atoms with Crippen LogP contribution in [0.1, 0.15) is 36.5 Å². The number of oxazole rings is 1. The number of nitrogens with zero attached hydrogens (tertiary/aromatic N) is 3. The van der Waals surface area contributed by atoms with E-state index in [9.17, 15) is 18.3 Å². The van der Waals surface area contributed by atoms with Crippen LogP contribution in [0.25, 0.3) is 11.1 Å². The highest BCUT2D eigenvalue weighted by molar-refractivity contribution is 7.92. The number of benzene rings is 2. The quantitative estimate of drug-likeness (QED) is 0.177. The minimum Gasteiger partial charge on any atom is -0.443 e. The number of nitrogens with two attached hydrogens (primary N) is 1. The van der Waals surface area contributed by atoms with E-state index in [-0.39, 0.29) is 48.7 Å². The fourth-order valence-electron chi connectivity index (χ4n) is 4.07. The first-order valence-electron chi connectivity index (χ1n) is 13.0. The third-order valence-electron chi connectivity index (χ3n) is 6.03. The maximum atomic E-state index is 13.7. The van der Waals surface area contributed by atoms with Gasteiger partial charge in [0.2, 0.25) is 0 Å². The van der Waals surface area contributed by atoms with Crippen molar-refractivity contribution in [2.24, 2.45) is 5.92 Å².